The van der Waals surface area contributed by atoms with E-state index in [4.69, 9.17) is 11.5 Å². The first-order valence-corrected chi connectivity index (χ1v) is 4.19. The zero-order valence-corrected chi connectivity index (χ0v) is 8.14. The summed E-state index contributed by atoms with van der Waals surface area (Å²) in [6.07, 6.45) is 0. The Kier molecular flexibility index (Phi) is 3.38. The number of amides is 2. The number of non-ortho nitro benzene ring substituents is 1. The monoisotopic (exact) mass is 224 g/mol. The number of nitro benzene ring substituents is 1. The van der Waals surface area contributed by atoms with Gasteiger partial charge in [0.15, 0.2) is 0 Å². The molecule has 1 aromatic rings. The van der Waals surface area contributed by atoms with Crippen molar-refractivity contribution in [1.82, 2.24) is 0 Å². The van der Waals surface area contributed by atoms with Crippen molar-refractivity contribution in [2.75, 3.05) is 5.32 Å². The molecule has 2 amide bonds. The highest BCUT2D eigenvalue weighted by Crippen LogP contribution is 2.14. The second-order valence-electron chi connectivity index (χ2n) is 2.84. The van der Waals surface area contributed by atoms with Gasteiger partial charge in [-0.1, -0.05) is 0 Å². The molecule has 0 saturated heterocycles. The molecule has 1 aromatic carbocycles. The number of nitrogens with zero attached hydrogens (tertiary/aromatic N) is 1. The largest absolute Gasteiger partial charge is 0.411 e. The van der Waals surface area contributed by atoms with Crippen molar-refractivity contribution in [2.45, 2.75) is 0 Å². The van der Waals surface area contributed by atoms with Crippen LogP contribution in [0, 0.1) is 10.1 Å². The summed E-state index contributed by atoms with van der Waals surface area (Å²) in [4.78, 5) is 23.0. The Balaban J connectivity index is 2.73. The third kappa shape index (κ3) is 3.25. The number of nitrogens with two attached hydrogens (primary N) is 2. The highest BCUT2D eigenvalue weighted by molar-refractivity contribution is 5.85. The Bertz CT molecular complexity index is 435. The fraction of sp³-hybridized carbons (Fsp3) is 0. The maximum atomic E-state index is 11.1. The molecule has 84 valence electrons. The van der Waals surface area contributed by atoms with Crippen molar-refractivity contribution in [3.05, 3.63) is 34.4 Å². The third-order valence-electron chi connectivity index (χ3n) is 1.59. The number of benzene rings is 1. The molecule has 0 aliphatic carbocycles. The smallest absolute Gasteiger partial charge is 0.310 e. The summed E-state index contributed by atoms with van der Waals surface area (Å²) < 4.78 is 0. The van der Waals surface area contributed by atoms with E-state index in [1.807, 2.05) is 0 Å². The topological polar surface area (TPSA) is 138 Å². The summed E-state index contributed by atoms with van der Waals surface area (Å²) >= 11 is 0. The van der Waals surface area contributed by atoms with Gasteiger partial charge in [0.1, 0.15) is 0 Å². The Hall–Kier alpha value is -2.64. The van der Waals surface area contributed by atoms with Gasteiger partial charge < -0.3 is 11.5 Å². The Morgan fingerprint density at radius 2 is 1.88 bits per heavy atom. The Morgan fingerprint density at radius 3 is 2.31 bits per heavy atom. The molecule has 0 unspecified atom stereocenters. The minimum absolute atomic E-state index is 0.0594. The van der Waals surface area contributed by atoms with E-state index < -0.39 is 11.0 Å². The molecule has 0 radical (unpaired) electrons. The summed E-state index contributed by atoms with van der Waals surface area (Å²) in [5.74, 6) is -0.237. The minimum Gasteiger partial charge on any atom is -0.310 e. The predicted octanol–water partition coefficient (Wildman–Crippen LogP) is -1.52. The zero-order chi connectivity index (χ0) is 12.1. The molecule has 0 aliphatic rings. The standard InChI is InChI=1S/C8H9N5O3/c9-7(10)12-8(14)11-5-1-3-6(4-2-5)13(15)16/h1-4H,(H5,9,10,11,12,14)/p+1. The van der Waals surface area contributed by atoms with Gasteiger partial charge in [0.05, 0.1) is 10.6 Å². The first-order valence-electron chi connectivity index (χ1n) is 4.19. The number of nitrogens with one attached hydrogen (secondary N) is 2. The number of rotatable bonds is 2. The molecule has 6 N–H and O–H groups in total. The quantitative estimate of drug-likeness (QED) is 0.209. The highest BCUT2D eigenvalue weighted by Gasteiger charge is 2.07. The second-order valence-corrected chi connectivity index (χ2v) is 2.84. The van der Waals surface area contributed by atoms with E-state index in [-0.39, 0.29) is 11.6 Å². The van der Waals surface area contributed by atoms with Gasteiger partial charge in [0, 0.05) is 12.1 Å². The van der Waals surface area contributed by atoms with Crippen molar-refractivity contribution in [1.29, 1.82) is 0 Å². The first-order chi connectivity index (χ1) is 7.49. The van der Waals surface area contributed by atoms with Crippen LogP contribution >= 0.6 is 0 Å². The lowest BCUT2D eigenvalue weighted by atomic mass is 10.3. The SMILES string of the molecule is NC(N)=[NH+]C(=O)Nc1ccc([N+](=O)[O-])cc1. The molecule has 1 rings (SSSR count). The van der Waals surface area contributed by atoms with E-state index in [1.165, 1.54) is 24.3 Å². The van der Waals surface area contributed by atoms with Crippen molar-refractivity contribution in [3.8, 4) is 0 Å². The van der Waals surface area contributed by atoms with E-state index >= 15 is 0 Å². The van der Waals surface area contributed by atoms with Crippen LogP contribution in [0.2, 0.25) is 0 Å². The summed E-state index contributed by atoms with van der Waals surface area (Å²) in [5.41, 5.74) is 10.4. The Labute approximate surface area is 90.1 Å². The number of urea groups is 1. The van der Waals surface area contributed by atoms with Gasteiger partial charge in [-0.2, -0.15) is 0 Å². The van der Waals surface area contributed by atoms with Crippen molar-refractivity contribution >= 4 is 23.4 Å². The molecular formula is C8H10N5O3+. The van der Waals surface area contributed by atoms with Crippen molar-refractivity contribution in [3.63, 3.8) is 0 Å². The number of hydrogen-bond acceptors (Lipinski definition) is 3. The molecule has 0 spiro atoms. The lowest BCUT2D eigenvalue weighted by Crippen LogP contribution is -2.83. The number of guanidine groups is 1. The van der Waals surface area contributed by atoms with Gasteiger partial charge in [-0.25, -0.2) is 9.79 Å². The van der Waals surface area contributed by atoms with Gasteiger partial charge in [-0.05, 0) is 12.1 Å². The maximum absolute atomic E-state index is 11.1. The number of carbonyl (C=O) groups is 1. The average Bonchev–Trinajstić information content (AvgIpc) is 2.16. The molecule has 0 aliphatic heterocycles. The fourth-order valence-electron chi connectivity index (χ4n) is 0.960. The van der Waals surface area contributed by atoms with Gasteiger partial charge in [-0.15, -0.1) is 0 Å². The van der Waals surface area contributed by atoms with Crippen LogP contribution in [0.5, 0.6) is 0 Å². The van der Waals surface area contributed by atoms with Crippen LogP contribution in [0.1, 0.15) is 0 Å². The minimum atomic E-state index is -0.617. The van der Waals surface area contributed by atoms with E-state index in [0.717, 1.165) is 0 Å². The van der Waals surface area contributed by atoms with Crippen LogP contribution in [0.15, 0.2) is 24.3 Å². The normalized spacial score (nSPS) is 9.25. The van der Waals surface area contributed by atoms with Crippen LogP contribution in [0.4, 0.5) is 16.2 Å². The molecule has 0 fully saturated rings. The fourth-order valence-corrected chi connectivity index (χ4v) is 0.960. The number of hydrogen-bond donors (Lipinski definition) is 4. The molecule has 0 aromatic heterocycles. The van der Waals surface area contributed by atoms with E-state index in [2.05, 4.69) is 10.3 Å². The maximum Gasteiger partial charge on any atom is 0.411 e. The first kappa shape index (κ1) is 11.4. The molecule has 0 atom stereocenters. The van der Waals surface area contributed by atoms with E-state index in [0.29, 0.717) is 5.69 Å². The summed E-state index contributed by atoms with van der Waals surface area (Å²) in [6, 6.07) is 4.71. The summed E-state index contributed by atoms with van der Waals surface area (Å²) in [6.45, 7) is 0. The molecular weight excluding hydrogens is 214 g/mol. The summed E-state index contributed by atoms with van der Waals surface area (Å²) in [5, 5.41) is 12.7. The Morgan fingerprint density at radius 1 is 1.31 bits per heavy atom. The van der Waals surface area contributed by atoms with E-state index in [1.54, 1.807) is 0 Å². The van der Waals surface area contributed by atoms with Crippen LogP contribution < -0.4 is 21.8 Å². The summed E-state index contributed by atoms with van der Waals surface area (Å²) in [7, 11) is 0. The lowest BCUT2D eigenvalue weighted by molar-refractivity contribution is -0.384. The van der Waals surface area contributed by atoms with Crippen molar-refractivity contribution < 1.29 is 14.7 Å². The number of nitro groups is 1. The highest BCUT2D eigenvalue weighted by atomic mass is 16.6. The van der Waals surface area contributed by atoms with E-state index in [9.17, 15) is 14.9 Å². The predicted molar refractivity (Wildman–Crippen MR) is 56.5 cm³/mol. The third-order valence-corrected chi connectivity index (χ3v) is 1.59. The second kappa shape index (κ2) is 4.73. The lowest BCUT2D eigenvalue weighted by Gasteiger charge is -1.97. The van der Waals surface area contributed by atoms with Gasteiger partial charge in [0.2, 0.25) is 0 Å². The van der Waals surface area contributed by atoms with Gasteiger partial charge in [-0.3, -0.25) is 15.4 Å². The van der Waals surface area contributed by atoms with Crippen LogP contribution in [0.3, 0.4) is 0 Å². The van der Waals surface area contributed by atoms with Crippen LogP contribution in [-0.4, -0.2) is 16.9 Å². The van der Waals surface area contributed by atoms with Crippen molar-refractivity contribution in [2.24, 2.45) is 11.5 Å². The number of anilines is 1. The molecule has 16 heavy (non-hydrogen) atoms. The number of carbonyl (C=O) groups excluding carboxylic acids is 1. The molecule has 0 bridgehead atoms. The molecule has 0 heterocycles. The molecule has 8 nitrogen and oxygen atoms in total. The molecule has 0 saturated carbocycles. The van der Waals surface area contributed by atoms with Crippen LogP contribution in [-0.2, 0) is 0 Å². The van der Waals surface area contributed by atoms with Gasteiger partial charge in [0.25, 0.3) is 5.69 Å². The van der Waals surface area contributed by atoms with Crippen LogP contribution in [0.25, 0.3) is 0 Å². The zero-order valence-electron chi connectivity index (χ0n) is 8.14. The molecule has 8 heteroatoms. The van der Waals surface area contributed by atoms with Gasteiger partial charge >= 0.3 is 12.0 Å². The average molecular weight is 224 g/mol.